The fraction of sp³-hybridized carbons (Fsp3) is 0.421. The molecule has 1 N–H and O–H groups in total. The normalized spacial score (nSPS) is 17.0. The van der Waals surface area contributed by atoms with Crippen molar-refractivity contribution in [3.05, 3.63) is 56.2 Å². The third-order valence-electron chi connectivity index (χ3n) is 4.65. The highest BCUT2D eigenvalue weighted by Crippen LogP contribution is 2.26. The molecule has 0 radical (unpaired) electrons. The van der Waals surface area contributed by atoms with Gasteiger partial charge in [-0.1, -0.05) is 36.0 Å². The zero-order valence-electron chi connectivity index (χ0n) is 14.0. The molecular formula is C19H22Cl2N2OS. The molecule has 25 heavy (non-hydrogen) atoms. The number of halogens is 2. The number of nitrogens with one attached hydrogen (secondary N) is 1. The summed E-state index contributed by atoms with van der Waals surface area (Å²) < 4.78 is 0. The standard InChI is InChI=1S/C19H22Cl2N2OS/c20-16-6-5-14(11-17(16)21)19(24)22-12-18(15-7-10-25-13-15)23-8-3-1-2-4-9-23/h5-7,10-11,13,18H,1-4,8-9,12H2,(H,22,24). The van der Waals surface area contributed by atoms with Crippen LogP contribution in [0.5, 0.6) is 0 Å². The summed E-state index contributed by atoms with van der Waals surface area (Å²) in [7, 11) is 0. The molecule has 0 saturated carbocycles. The lowest BCUT2D eigenvalue weighted by molar-refractivity contribution is 0.0933. The van der Waals surface area contributed by atoms with E-state index in [-0.39, 0.29) is 11.9 Å². The number of amides is 1. The topological polar surface area (TPSA) is 32.3 Å². The number of carbonyl (C=O) groups is 1. The molecule has 1 aliphatic heterocycles. The number of thiophene rings is 1. The first-order chi connectivity index (χ1) is 12.1. The zero-order chi connectivity index (χ0) is 17.6. The van der Waals surface area contributed by atoms with E-state index in [9.17, 15) is 4.79 Å². The van der Waals surface area contributed by atoms with Gasteiger partial charge in [0, 0.05) is 12.1 Å². The molecule has 6 heteroatoms. The van der Waals surface area contributed by atoms with Crippen molar-refractivity contribution in [2.75, 3.05) is 19.6 Å². The Hall–Kier alpha value is -1.07. The van der Waals surface area contributed by atoms with Gasteiger partial charge in [0.15, 0.2) is 0 Å². The predicted molar refractivity (Wildman–Crippen MR) is 106 cm³/mol. The monoisotopic (exact) mass is 396 g/mol. The highest BCUT2D eigenvalue weighted by molar-refractivity contribution is 7.08. The van der Waals surface area contributed by atoms with E-state index in [0.717, 1.165) is 13.1 Å². The molecule has 1 aromatic carbocycles. The maximum atomic E-state index is 12.5. The average Bonchev–Trinajstić information content (AvgIpc) is 3.00. The van der Waals surface area contributed by atoms with Crippen molar-refractivity contribution < 1.29 is 4.79 Å². The van der Waals surface area contributed by atoms with E-state index < -0.39 is 0 Å². The number of benzene rings is 1. The van der Waals surface area contributed by atoms with E-state index in [1.807, 2.05) is 0 Å². The maximum Gasteiger partial charge on any atom is 0.251 e. The van der Waals surface area contributed by atoms with E-state index in [1.165, 1.54) is 31.2 Å². The van der Waals surface area contributed by atoms with Gasteiger partial charge >= 0.3 is 0 Å². The fourth-order valence-electron chi connectivity index (χ4n) is 3.26. The second kappa shape index (κ2) is 9.04. The minimum Gasteiger partial charge on any atom is -0.350 e. The van der Waals surface area contributed by atoms with Crippen LogP contribution >= 0.6 is 34.5 Å². The first-order valence-corrected chi connectivity index (χ1v) is 10.3. The van der Waals surface area contributed by atoms with E-state index >= 15 is 0 Å². The van der Waals surface area contributed by atoms with Crippen molar-refractivity contribution >= 4 is 40.4 Å². The lowest BCUT2D eigenvalue weighted by Crippen LogP contribution is -2.38. The summed E-state index contributed by atoms with van der Waals surface area (Å²) in [5.74, 6) is -0.117. The van der Waals surface area contributed by atoms with Crippen LogP contribution in [0, 0.1) is 0 Å². The van der Waals surface area contributed by atoms with Crippen LogP contribution in [-0.2, 0) is 0 Å². The smallest absolute Gasteiger partial charge is 0.251 e. The molecule has 0 aliphatic carbocycles. The lowest BCUT2D eigenvalue weighted by Gasteiger charge is -2.30. The van der Waals surface area contributed by atoms with E-state index in [2.05, 4.69) is 27.0 Å². The van der Waals surface area contributed by atoms with Gasteiger partial charge in [0.05, 0.1) is 16.1 Å². The van der Waals surface area contributed by atoms with Crippen LogP contribution in [0.4, 0.5) is 0 Å². The van der Waals surface area contributed by atoms with Crippen LogP contribution in [-0.4, -0.2) is 30.4 Å². The Morgan fingerprint density at radius 3 is 2.52 bits per heavy atom. The number of likely N-dealkylation sites (tertiary alicyclic amines) is 1. The summed E-state index contributed by atoms with van der Waals surface area (Å²) in [6.07, 6.45) is 5.04. The molecular weight excluding hydrogens is 375 g/mol. The van der Waals surface area contributed by atoms with Crippen LogP contribution in [0.25, 0.3) is 0 Å². The van der Waals surface area contributed by atoms with Gasteiger partial charge < -0.3 is 5.32 Å². The lowest BCUT2D eigenvalue weighted by atomic mass is 10.1. The Morgan fingerprint density at radius 1 is 1.12 bits per heavy atom. The highest BCUT2D eigenvalue weighted by Gasteiger charge is 2.22. The van der Waals surface area contributed by atoms with Crippen LogP contribution in [0.1, 0.15) is 47.6 Å². The number of hydrogen-bond acceptors (Lipinski definition) is 3. The molecule has 3 rings (SSSR count). The van der Waals surface area contributed by atoms with Crippen molar-refractivity contribution in [3.8, 4) is 0 Å². The van der Waals surface area contributed by atoms with E-state index in [4.69, 9.17) is 23.2 Å². The maximum absolute atomic E-state index is 12.5. The third kappa shape index (κ3) is 4.98. The summed E-state index contributed by atoms with van der Waals surface area (Å²) in [5.41, 5.74) is 1.82. The quantitative estimate of drug-likeness (QED) is 0.733. The molecule has 1 saturated heterocycles. The molecule has 1 aliphatic rings. The highest BCUT2D eigenvalue weighted by atomic mass is 35.5. The first-order valence-electron chi connectivity index (χ1n) is 8.64. The summed E-state index contributed by atoms with van der Waals surface area (Å²) in [6.45, 7) is 2.77. The fourth-order valence-corrected chi connectivity index (χ4v) is 4.26. The second-order valence-corrected chi connectivity index (χ2v) is 7.96. The minimum atomic E-state index is -0.117. The number of rotatable bonds is 5. The van der Waals surface area contributed by atoms with Gasteiger partial charge in [-0.2, -0.15) is 11.3 Å². The Balaban J connectivity index is 1.69. The summed E-state index contributed by atoms with van der Waals surface area (Å²) in [5, 5.41) is 8.21. The van der Waals surface area contributed by atoms with Crippen molar-refractivity contribution in [1.29, 1.82) is 0 Å². The zero-order valence-corrected chi connectivity index (χ0v) is 16.3. The van der Waals surface area contributed by atoms with Gasteiger partial charge in [-0.3, -0.25) is 9.69 Å². The summed E-state index contributed by atoms with van der Waals surface area (Å²) in [6, 6.07) is 7.35. The Kier molecular flexibility index (Phi) is 6.77. The molecule has 2 heterocycles. The van der Waals surface area contributed by atoms with E-state index in [0.29, 0.717) is 22.2 Å². The average molecular weight is 397 g/mol. The Morgan fingerprint density at radius 2 is 1.88 bits per heavy atom. The number of nitrogens with zero attached hydrogens (tertiary/aromatic N) is 1. The molecule has 0 bridgehead atoms. The second-order valence-electron chi connectivity index (χ2n) is 6.36. The third-order valence-corrected chi connectivity index (χ3v) is 6.09. The summed E-state index contributed by atoms with van der Waals surface area (Å²) >= 11 is 13.7. The minimum absolute atomic E-state index is 0.117. The molecule has 1 aromatic heterocycles. The SMILES string of the molecule is O=C(NCC(c1ccsc1)N1CCCCCC1)c1ccc(Cl)c(Cl)c1. The number of carbonyl (C=O) groups excluding carboxylic acids is 1. The van der Waals surface area contributed by atoms with Gasteiger partial charge in [-0.05, 0) is 66.5 Å². The molecule has 0 spiro atoms. The Bertz CT molecular complexity index is 697. The van der Waals surface area contributed by atoms with Crippen LogP contribution < -0.4 is 5.32 Å². The predicted octanol–water partition coefficient (Wildman–Crippen LogP) is 5.40. The van der Waals surface area contributed by atoms with Gasteiger partial charge in [0.1, 0.15) is 0 Å². The van der Waals surface area contributed by atoms with Crippen molar-refractivity contribution in [2.24, 2.45) is 0 Å². The van der Waals surface area contributed by atoms with Crippen LogP contribution in [0.15, 0.2) is 35.0 Å². The van der Waals surface area contributed by atoms with Crippen molar-refractivity contribution in [1.82, 2.24) is 10.2 Å². The van der Waals surface area contributed by atoms with Gasteiger partial charge in [0.2, 0.25) is 0 Å². The van der Waals surface area contributed by atoms with Crippen LogP contribution in [0.3, 0.4) is 0 Å². The molecule has 1 amide bonds. The molecule has 134 valence electrons. The molecule has 3 nitrogen and oxygen atoms in total. The molecule has 1 atom stereocenters. The molecule has 1 fully saturated rings. The van der Waals surface area contributed by atoms with E-state index in [1.54, 1.807) is 29.5 Å². The van der Waals surface area contributed by atoms with Crippen molar-refractivity contribution in [3.63, 3.8) is 0 Å². The Labute approximate surface area is 162 Å². The largest absolute Gasteiger partial charge is 0.350 e. The van der Waals surface area contributed by atoms with Gasteiger partial charge in [0.25, 0.3) is 5.91 Å². The van der Waals surface area contributed by atoms with Gasteiger partial charge in [-0.25, -0.2) is 0 Å². The van der Waals surface area contributed by atoms with Gasteiger partial charge in [-0.15, -0.1) is 0 Å². The van der Waals surface area contributed by atoms with Crippen molar-refractivity contribution in [2.45, 2.75) is 31.7 Å². The summed E-state index contributed by atoms with van der Waals surface area (Å²) in [4.78, 5) is 15.0. The first kappa shape index (κ1) is 18.7. The molecule has 2 aromatic rings. The molecule has 1 unspecified atom stereocenters. The number of hydrogen-bond donors (Lipinski definition) is 1. The van der Waals surface area contributed by atoms with Crippen LogP contribution in [0.2, 0.25) is 10.0 Å².